The molecule has 3 rings (SSSR count). The van der Waals surface area contributed by atoms with E-state index in [0.29, 0.717) is 6.42 Å². The Morgan fingerprint density at radius 3 is 2.92 bits per heavy atom. The van der Waals surface area contributed by atoms with Crippen molar-refractivity contribution in [3.05, 3.63) is 63.9 Å². The van der Waals surface area contributed by atoms with Gasteiger partial charge in [-0.1, -0.05) is 23.7 Å². The van der Waals surface area contributed by atoms with Crippen molar-refractivity contribution in [2.75, 3.05) is 13.7 Å². The lowest BCUT2D eigenvalue weighted by Crippen LogP contribution is -2.43. The zero-order valence-corrected chi connectivity index (χ0v) is 14.6. The van der Waals surface area contributed by atoms with E-state index in [9.17, 15) is 14.3 Å². The highest BCUT2D eigenvalue weighted by molar-refractivity contribution is 6.33. The van der Waals surface area contributed by atoms with Gasteiger partial charge in [-0.3, -0.25) is 4.79 Å². The van der Waals surface area contributed by atoms with Crippen LogP contribution in [-0.4, -0.2) is 24.7 Å². The normalized spacial score (nSPS) is 19.2. The van der Waals surface area contributed by atoms with Crippen molar-refractivity contribution in [1.29, 1.82) is 0 Å². The van der Waals surface area contributed by atoms with Crippen LogP contribution in [0.4, 0.5) is 4.39 Å². The molecule has 1 aliphatic carbocycles. The minimum absolute atomic E-state index is 0.0180. The largest absolute Gasteiger partial charge is 0.497 e. The van der Waals surface area contributed by atoms with Crippen molar-refractivity contribution in [1.82, 2.24) is 5.32 Å². The molecule has 1 atom stereocenters. The molecule has 2 aromatic carbocycles. The second kappa shape index (κ2) is 7.02. The van der Waals surface area contributed by atoms with E-state index >= 15 is 0 Å². The molecule has 0 spiro atoms. The van der Waals surface area contributed by atoms with Crippen LogP contribution in [0.15, 0.2) is 36.4 Å². The first kappa shape index (κ1) is 17.7. The minimum atomic E-state index is -1.20. The van der Waals surface area contributed by atoms with Crippen molar-refractivity contribution >= 4 is 17.5 Å². The van der Waals surface area contributed by atoms with Gasteiger partial charge in [-0.05, 0) is 54.7 Å². The highest BCUT2D eigenvalue weighted by atomic mass is 35.5. The Morgan fingerprint density at radius 1 is 1.40 bits per heavy atom. The number of nitrogens with one attached hydrogen (secondary N) is 1. The van der Waals surface area contributed by atoms with Gasteiger partial charge in [0.2, 0.25) is 0 Å². The Balaban J connectivity index is 1.81. The molecular weight excluding hydrogens is 345 g/mol. The summed E-state index contributed by atoms with van der Waals surface area (Å²) >= 11 is 5.92. The Hall–Kier alpha value is -2.11. The summed E-state index contributed by atoms with van der Waals surface area (Å²) < 4.78 is 19.1. The number of amides is 1. The van der Waals surface area contributed by atoms with Gasteiger partial charge in [-0.25, -0.2) is 4.39 Å². The molecule has 6 heteroatoms. The molecule has 0 bridgehead atoms. The van der Waals surface area contributed by atoms with E-state index in [0.717, 1.165) is 29.7 Å². The Bertz CT molecular complexity index is 791. The molecule has 0 fully saturated rings. The third kappa shape index (κ3) is 3.48. The molecule has 1 aliphatic rings. The maximum absolute atomic E-state index is 13.9. The summed E-state index contributed by atoms with van der Waals surface area (Å²) in [6.07, 6.45) is 2.13. The average Bonchev–Trinajstić information content (AvgIpc) is 2.60. The van der Waals surface area contributed by atoms with Crippen molar-refractivity contribution in [3.63, 3.8) is 0 Å². The second-order valence-corrected chi connectivity index (χ2v) is 6.59. The highest BCUT2D eigenvalue weighted by Crippen LogP contribution is 2.36. The molecule has 25 heavy (non-hydrogen) atoms. The van der Waals surface area contributed by atoms with Gasteiger partial charge in [0.1, 0.15) is 17.2 Å². The molecule has 2 N–H and O–H groups in total. The summed E-state index contributed by atoms with van der Waals surface area (Å²) in [7, 11) is 1.59. The number of rotatable bonds is 4. The zero-order chi connectivity index (χ0) is 18.0. The van der Waals surface area contributed by atoms with Gasteiger partial charge < -0.3 is 15.2 Å². The van der Waals surface area contributed by atoms with E-state index in [-0.39, 0.29) is 17.1 Å². The van der Waals surface area contributed by atoms with E-state index in [4.69, 9.17) is 16.3 Å². The van der Waals surface area contributed by atoms with Crippen molar-refractivity contribution in [2.45, 2.75) is 24.9 Å². The lowest BCUT2D eigenvalue weighted by atomic mass is 9.79. The average molecular weight is 364 g/mol. The topological polar surface area (TPSA) is 58.6 Å². The predicted molar refractivity (Wildman–Crippen MR) is 93.6 cm³/mol. The number of hydrogen-bond acceptors (Lipinski definition) is 3. The van der Waals surface area contributed by atoms with E-state index < -0.39 is 17.3 Å². The van der Waals surface area contributed by atoms with Crippen LogP contribution in [0.5, 0.6) is 5.75 Å². The molecule has 0 heterocycles. The van der Waals surface area contributed by atoms with E-state index in [1.54, 1.807) is 13.2 Å². The Morgan fingerprint density at radius 2 is 2.20 bits per heavy atom. The summed E-state index contributed by atoms with van der Waals surface area (Å²) in [5.74, 6) is -0.604. The van der Waals surface area contributed by atoms with Crippen LogP contribution in [0.25, 0.3) is 0 Å². The van der Waals surface area contributed by atoms with Crippen LogP contribution >= 0.6 is 11.6 Å². The van der Waals surface area contributed by atoms with Gasteiger partial charge in [-0.15, -0.1) is 0 Å². The van der Waals surface area contributed by atoms with Gasteiger partial charge in [0.05, 0.1) is 24.2 Å². The Labute approximate surface area is 150 Å². The summed E-state index contributed by atoms with van der Waals surface area (Å²) in [6, 6.07) is 9.57. The standard InChI is InChI=1S/C19H19ClFNO3/c1-25-13-7-8-14-12(10-13)4-3-9-19(14,24)11-22-18(23)17-15(20)5-2-6-16(17)21/h2,5-8,10,24H,3-4,9,11H2,1H3,(H,22,23). The molecule has 0 aliphatic heterocycles. The monoisotopic (exact) mass is 363 g/mol. The minimum Gasteiger partial charge on any atom is -0.497 e. The third-order valence-corrected chi connectivity index (χ3v) is 4.90. The number of ether oxygens (including phenoxy) is 1. The van der Waals surface area contributed by atoms with E-state index in [2.05, 4.69) is 5.32 Å². The van der Waals surface area contributed by atoms with Crippen molar-refractivity contribution in [2.24, 2.45) is 0 Å². The number of aryl methyl sites for hydroxylation is 1. The maximum Gasteiger partial charge on any atom is 0.255 e. The number of hydrogen-bond donors (Lipinski definition) is 2. The molecule has 0 saturated carbocycles. The predicted octanol–water partition coefficient (Wildman–Crippen LogP) is 3.44. The van der Waals surface area contributed by atoms with Gasteiger partial charge in [0, 0.05) is 0 Å². The van der Waals surface area contributed by atoms with Crippen LogP contribution in [-0.2, 0) is 12.0 Å². The smallest absolute Gasteiger partial charge is 0.255 e. The second-order valence-electron chi connectivity index (χ2n) is 6.19. The third-order valence-electron chi connectivity index (χ3n) is 4.58. The number of aliphatic hydroxyl groups is 1. The number of carbonyl (C=O) groups excluding carboxylic acids is 1. The molecule has 4 nitrogen and oxygen atoms in total. The SMILES string of the molecule is COc1ccc2c(c1)CCCC2(O)CNC(=O)c1c(F)cccc1Cl. The fraction of sp³-hybridized carbons (Fsp3) is 0.316. The van der Waals surface area contributed by atoms with Gasteiger partial charge in [0.25, 0.3) is 5.91 Å². The summed E-state index contributed by atoms with van der Waals surface area (Å²) in [5.41, 5.74) is 0.344. The number of halogens is 2. The summed E-state index contributed by atoms with van der Waals surface area (Å²) in [6.45, 7) is -0.0180. The number of benzene rings is 2. The van der Waals surface area contributed by atoms with Gasteiger partial charge in [0.15, 0.2) is 0 Å². The molecule has 1 amide bonds. The Kier molecular flexibility index (Phi) is 4.97. The molecule has 0 saturated heterocycles. The lowest BCUT2D eigenvalue weighted by molar-refractivity contribution is 0.0188. The molecule has 2 aromatic rings. The first-order valence-electron chi connectivity index (χ1n) is 8.06. The number of fused-ring (bicyclic) bond motifs is 1. The van der Waals surface area contributed by atoms with E-state index in [1.807, 2.05) is 12.1 Å². The summed E-state index contributed by atoms with van der Waals surface area (Å²) in [5, 5.41) is 13.7. The van der Waals surface area contributed by atoms with Crippen LogP contribution < -0.4 is 10.1 Å². The maximum atomic E-state index is 13.9. The summed E-state index contributed by atoms with van der Waals surface area (Å²) in [4.78, 5) is 12.3. The first-order chi connectivity index (χ1) is 11.9. The molecule has 132 valence electrons. The van der Waals surface area contributed by atoms with Crippen LogP contribution in [0.1, 0.15) is 34.3 Å². The van der Waals surface area contributed by atoms with Gasteiger partial charge in [-0.2, -0.15) is 0 Å². The van der Waals surface area contributed by atoms with Crippen molar-refractivity contribution in [3.8, 4) is 5.75 Å². The molecule has 1 unspecified atom stereocenters. The molecule has 0 radical (unpaired) electrons. The molecule has 0 aromatic heterocycles. The first-order valence-corrected chi connectivity index (χ1v) is 8.44. The zero-order valence-electron chi connectivity index (χ0n) is 13.8. The van der Waals surface area contributed by atoms with Gasteiger partial charge >= 0.3 is 0 Å². The fourth-order valence-corrected chi connectivity index (χ4v) is 3.53. The number of carbonyl (C=O) groups is 1. The quantitative estimate of drug-likeness (QED) is 0.874. The van der Waals surface area contributed by atoms with Crippen LogP contribution in [0.3, 0.4) is 0 Å². The van der Waals surface area contributed by atoms with Crippen molar-refractivity contribution < 1.29 is 19.0 Å². The fourth-order valence-electron chi connectivity index (χ4n) is 3.28. The van der Waals surface area contributed by atoms with Crippen LogP contribution in [0, 0.1) is 5.82 Å². The number of methoxy groups -OCH3 is 1. The highest BCUT2D eigenvalue weighted by Gasteiger charge is 2.35. The van der Waals surface area contributed by atoms with E-state index in [1.165, 1.54) is 18.2 Å². The van der Waals surface area contributed by atoms with Crippen LogP contribution in [0.2, 0.25) is 5.02 Å². The molecular formula is C19H19ClFNO3. The lowest BCUT2D eigenvalue weighted by Gasteiger charge is -2.35.